The average Bonchev–Trinajstić information content (AvgIpc) is 3.13. The smallest absolute Gasteiger partial charge is 0.266 e. The Kier molecular flexibility index (Phi) is 5.08. The van der Waals surface area contributed by atoms with E-state index in [1.54, 1.807) is 4.90 Å². The summed E-state index contributed by atoms with van der Waals surface area (Å²) in [6.45, 7) is 1.36. The molecular formula is C17H17NO2S2. The fraction of sp³-hybridized carbons (Fsp3) is 0.294. The lowest BCUT2D eigenvalue weighted by Gasteiger charge is -2.18. The molecule has 114 valence electrons. The highest BCUT2D eigenvalue weighted by atomic mass is 32.2. The number of ether oxygens (including phenoxy) is 1. The lowest BCUT2D eigenvalue weighted by Crippen LogP contribution is -2.35. The maximum Gasteiger partial charge on any atom is 0.266 e. The van der Waals surface area contributed by atoms with Crippen LogP contribution in [-0.2, 0) is 9.53 Å². The Hall–Kier alpha value is -1.43. The molecule has 0 N–H and O–H groups in total. The van der Waals surface area contributed by atoms with E-state index in [0.717, 1.165) is 25.0 Å². The molecule has 2 aliphatic heterocycles. The van der Waals surface area contributed by atoms with E-state index in [-0.39, 0.29) is 12.0 Å². The molecule has 2 saturated heterocycles. The Morgan fingerprint density at radius 1 is 1.36 bits per heavy atom. The molecule has 5 heteroatoms. The second-order valence-corrected chi connectivity index (χ2v) is 6.90. The van der Waals surface area contributed by atoms with Crippen LogP contribution in [0.1, 0.15) is 18.4 Å². The number of carbonyl (C=O) groups excluding carboxylic acids is 1. The number of thiocarbonyl (C=S) groups is 1. The first-order valence-electron chi connectivity index (χ1n) is 7.33. The first-order valence-corrected chi connectivity index (χ1v) is 8.55. The standard InChI is InChI=1S/C17H17NO2S2/c19-16-15(10-4-8-13-6-2-1-3-7-13)22-17(21)18(16)12-14-9-5-11-20-14/h1-4,6-8,10,14H,5,9,11-12H2/b8-4-,15-10+/t14-/m0/s1. The molecule has 1 aromatic carbocycles. The van der Waals surface area contributed by atoms with Gasteiger partial charge in [-0.1, -0.05) is 66.5 Å². The van der Waals surface area contributed by atoms with Gasteiger partial charge in [-0.05, 0) is 24.5 Å². The number of hydrogen-bond donors (Lipinski definition) is 0. The Labute approximate surface area is 140 Å². The van der Waals surface area contributed by atoms with Gasteiger partial charge in [0.25, 0.3) is 5.91 Å². The van der Waals surface area contributed by atoms with Crippen molar-refractivity contribution in [2.24, 2.45) is 0 Å². The van der Waals surface area contributed by atoms with Crippen LogP contribution in [0.15, 0.2) is 47.4 Å². The summed E-state index contributed by atoms with van der Waals surface area (Å²) >= 11 is 6.68. The minimum atomic E-state index is -0.0109. The molecular weight excluding hydrogens is 314 g/mol. The number of nitrogens with zero attached hydrogens (tertiary/aromatic N) is 1. The maximum atomic E-state index is 12.4. The number of allylic oxidation sites excluding steroid dienone is 2. The summed E-state index contributed by atoms with van der Waals surface area (Å²) < 4.78 is 6.21. The van der Waals surface area contributed by atoms with Crippen molar-refractivity contribution in [1.29, 1.82) is 0 Å². The van der Waals surface area contributed by atoms with Crippen LogP contribution < -0.4 is 0 Å². The van der Waals surface area contributed by atoms with Gasteiger partial charge in [0.05, 0.1) is 17.6 Å². The quantitative estimate of drug-likeness (QED) is 0.622. The van der Waals surface area contributed by atoms with Crippen LogP contribution in [0.4, 0.5) is 0 Å². The summed E-state index contributed by atoms with van der Waals surface area (Å²) in [5.74, 6) is -0.0109. The van der Waals surface area contributed by atoms with Crippen molar-refractivity contribution in [1.82, 2.24) is 4.90 Å². The molecule has 0 bridgehead atoms. The SMILES string of the molecule is O=C1/C(=C\C=C/c2ccccc2)SC(=S)N1C[C@@H]1CCCO1. The average molecular weight is 331 g/mol. The summed E-state index contributed by atoms with van der Waals surface area (Å²) in [7, 11) is 0. The fourth-order valence-electron chi connectivity index (χ4n) is 2.47. The van der Waals surface area contributed by atoms with Gasteiger partial charge in [-0.15, -0.1) is 0 Å². The Morgan fingerprint density at radius 2 is 2.18 bits per heavy atom. The third-order valence-corrected chi connectivity index (χ3v) is 5.02. The van der Waals surface area contributed by atoms with Gasteiger partial charge in [0, 0.05) is 6.61 Å². The number of thioether (sulfide) groups is 1. The topological polar surface area (TPSA) is 29.5 Å². The van der Waals surface area contributed by atoms with Gasteiger partial charge in [0.15, 0.2) is 0 Å². The molecule has 0 unspecified atom stereocenters. The van der Waals surface area contributed by atoms with Crippen molar-refractivity contribution in [3.63, 3.8) is 0 Å². The van der Waals surface area contributed by atoms with Crippen molar-refractivity contribution < 1.29 is 9.53 Å². The second-order valence-electron chi connectivity index (χ2n) is 5.22. The number of carbonyl (C=O) groups is 1. The molecule has 1 amide bonds. The van der Waals surface area contributed by atoms with Crippen LogP contribution >= 0.6 is 24.0 Å². The summed E-state index contributed by atoms with van der Waals surface area (Å²) in [6, 6.07) is 10.00. The second kappa shape index (κ2) is 7.22. The lowest BCUT2D eigenvalue weighted by atomic mass is 10.2. The normalized spacial score (nSPS) is 24.1. The molecule has 1 atom stereocenters. The molecule has 3 rings (SSSR count). The highest BCUT2D eigenvalue weighted by Crippen LogP contribution is 2.32. The van der Waals surface area contributed by atoms with Gasteiger partial charge in [0.1, 0.15) is 4.32 Å². The number of amides is 1. The van der Waals surface area contributed by atoms with Crippen molar-refractivity contribution in [2.45, 2.75) is 18.9 Å². The molecule has 1 aromatic rings. The van der Waals surface area contributed by atoms with Crippen LogP contribution in [0, 0.1) is 0 Å². The zero-order chi connectivity index (χ0) is 15.4. The zero-order valence-electron chi connectivity index (χ0n) is 12.1. The third kappa shape index (κ3) is 3.66. The van der Waals surface area contributed by atoms with E-state index in [4.69, 9.17) is 17.0 Å². The van der Waals surface area contributed by atoms with Crippen LogP contribution in [0.3, 0.4) is 0 Å². The van der Waals surface area contributed by atoms with Gasteiger partial charge < -0.3 is 4.74 Å². The van der Waals surface area contributed by atoms with Gasteiger partial charge in [-0.3, -0.25) is 9.69 Å². The number of benzene rings is 1. The predicted molar refractivity (Wildman–Crippen MR) is 94.4 cm³/mol. The molecule has 0 radical (unpaired) electrons. The maximum absolute atomic E-state index is 12.4. The van der Waals surface area contributed by atoms with E-state index < -0.39 is 0 Å². The summed E-state index contributed by atoms with van der Waals surface area (Å²) in [6.07, 6.45) is 7.91. The molecule has 0 aliphatic carbocycles. The molecule has 2 fully saturated rings. The highest BCUT2D eigenvalue weighted by molar-refractivity contribution is 8.26. The van der Waals surface area contributed by atoms with Crippen molar-refractivity contribution in [2.75, 3.05) is 13.2 Å². The van der Waals surface area contributed by atoms with E-state index in [2.05, 4.69) is 0 Å². The molecule has 2 heterocycles. The van der Waals surface area contributed by atoms with Gasteiger partial charge in [-0.25, -0.2) is 0 Å². The Bertz CT molecular complexity index is 619. The van der Waals surface area contributed by atoms with Gasteiger partial charge in [-0.2, -0.15) is 0 Å². The van der Waals surface area contributed by atoms with E-state index >= 15 is 0 Å². The van der Waals surface area contributed by atoms with Crippen LogP contribution in [0.25, 0.3) is 6.08 Å². The molecule has 0 aromatic heterocycles. The Balaban J connectivity index is 1.65. The zero-order valence-corrected chi connectivity index (χ0v) is 13.7. The van der Waals surface area contributed by atoms with E-state index in [1.807, 2.05) is 48.6 Å². The van der Waals surface area contributed by atoms with Crippen LogP contribution in [-0.4, -0.2) is 34.4 Å². The van der Waals surface area contributed by atoms with Crippen molar-refractivity contribution in [3.05, 3.63) is 53.0 Å². The first-order chi connectivity index (χ1) is 10.7. The van der Waals surface area contributed by atoms with E-state index in [9.17, 15) is 4.79 Å². The summed E-state index contributed by atoms with van der Waals surface area (Å²) in [5.41, 5.74) is 1.11. The lowest BCUT2D eigenvalue weighted by molar-refractivity contribution is -0.123. The van der Waals surface area contributed by atoms with Crippen LogP contribution in [0.2, 0.25) is 0 Å². The highest BCUT2D eigenvalue weighted by Gasteiger charge is 2.34. The van der Waals surface area contributed by atoms with Gasteiger partial charge >= 0.3 is 0 Å². The molecule has 2 aliphatic rings. The van der Waals surface area contributed by atoms with Crippen LogP contribution in [0.5, 0.6) is 0 Å². The first kappa shape index (κ1) is 15.5. The van der Waals surface area contributed by atoms with E-state index in [1.165, 1.54) is 11.8 Å². The Morgan fingerprint density at radius 3 is 2.91 bits per heavy atom. The molecule has 0 saturated carbocycles. The van der Waals surface area contributed by atoms with Gasteiger partial charge in [0.2, 0.25) is 0 Å². The van der Waals surface area contributed by atoms with E-state index in [0.29, 0.717) is 15.8 Å². The van der Waals surface area contributed by atoms with Crippen molar-refractivity contribution >= 4 is 40.3 Å². The summed E-state index contributed by atoms with van der Waals surface area (Å²) in [4.78, 5) is 14.7. The largest absolute Gasteiger partial charge is 0.376 e. The molecule has 22 heavy (non-hydrogen) atoms. The summed E-state index contributed by atoms with van der Waals surface area (Å²) in [5, 5.41) is 0. The van der Waals surface area contributed by atoms with Crippen molar-refractivity contribution in [3.8, 4) is 0 Å². The molecule has 3 nitrogen and oxygen atoms in total. The third-order valence-electron chi connectivity index (χ3n) is 3.62. The predicted octanol–water partition coefficient (Wildman–Crippen LogP) is 3.62. The number of rotatable bonds is 4. The minimum absolute atomic E-state index is 0.0109. The monoisotopic (exact) mass is 331 g/mol. The molecule has 0 spiro atoms. The fourth-order valence-corrected chi connectivity index (χ4v) is 3.70. The minimum Gasteiger partial charge on any atom is -0.376 e. The number of hydrogen-bond acceptors (Lipinski definition) is 4.